The quantitative estimate of drug-likeness (QED) is 0.162. The summed E-state index contributed by atoms with van der Waals surface area (Å²) in [5.74, 6) is 0.484. The summed E-state index contributed by atoms with van der Waals surface area (Å²) in [6.45, 7) is 2.36. The van der Waals surface area contributed by atoms with Crippen LogP contribution in [0.15, 0.2) is 193 Å². The molecule has 0 N–H and O–H groups in total. The summed E-state index contributed by atoms with van der Waals surface area (Å²) in [4.78, 5) is 2.40. The van der Waals surface area contributed by atoms with Crippen molar-refractivity contribution in [3.8, 4) is 16.8 Å². The Kier molecular flexibility index (Phi) is 8.32. The van der Waals surface area contributed by atoms with Crippen LogP contribution >= 0.6 is 0 Å². The van der Waals surface area contributed by atoms with Crippen LogP contribution in [0.1, 0.15) is 36.8 Å². The van der Waals surface area contributed by atoms with E-state index in [1.807, 2.05) is 0 Å². The Labute approximate surface area is 338 Å². The van der Waals surface area contributed by atoms with Gasteiger partial charge in [-0.2, -0.15) is 0 Å². The SMILES string of the molecule is CC1C=c2c(n(-c3ccccc3)c3ccccc23)=CC1c1cccc(N(c2ccc(-c3ccccc3)cc2)c2ccc3oc4ccc(C5=CC=CCC5)cc4c3c2)c1. The van der Waals surface area contributed by atoms with E-state index < -0.39 is 0 Å². The van der Waals surface area contributed by atoms with Gasteiger partial charge in [0.2, 0.25) is 0 Å². The Morgan fingerprint density at radius 2 is 1.26 bits per heavy atom. The van der Waals surface area contributed by atoms with Gasteiger partial charge in [0.1, 0.15) is 11.2 Å². The summed E-state index contributed by atoms with van der Waals surface area (Å²) in [7, 11) is 0. The molecule has 3 heteroatoms. The molecule has 9 aromatic rings. The lowest BCUT2D eigenvalue weighted by Crippen LogP contribution is -2.34. The lowest BCUT2D eigenvalue weighted by Gasteiger charge is -2.28. The van der Waals surface area contributed by atoms with Crippen molar-refractivity contribution in [2.45, 2.75) is 25.7 Å². The summed E-state index contributed by atoms with van der Waals surface area (Å²) in [5, 5.41) is 6.13. The van der Waals surface area contributed by atoms with Crippen LogP contribution in [0.25, 0.3) is 67.4 Å². The van der Waals surface area contributed by atoms with Crippen molar-refractivity contribution < 1.29 is 4.42 Å². The molecule has 2 aromatic heterocycles. The number of aromatic nitrogens is 1. The second-order valence-electron chi connectivity index (χ2n) is 15.7. The number of furan rings is 1. The minimum Gasteiger partial charge on any atom is -0.456 e. The average Bonchev–Trinajstić information content (AvgIpc) is 3.82. The molecule has 0 amide bonds. The van der Waals surface area contributed by atoms with E-state index >= 15 is 0 Å². The highest BCUT2D eigenvalue weighted by Gasteiger charge is 2.24. The maximum absolute atomic E-state index is 6.45. The lowest BCUT2D eigenvalue weighted by atomic mass is 9.83. The number of anilines is 3. The van der Waals surface area contributed by atoms with Gasteiger partial charge in [-0.1, -0.05) is 134 Å². The Balaban J connectivity index is 1.06. The van der Waals surface area contributed by atoms with Crippen LogP contribution in [-0.2, 0) is 0 Å². The van der Waals surface area contributed by atoms with Crippen LogP contribution in [0, 0.1) is 5.92 Å². The summed E-state index contributed by atoms with van der Waals surface area (Å²) >= 11 is 0. The number of rotatable bonds is 7. The first kappa shape index (κ1) is 34.2. The Hall–Kier alpha value is -7.10. The first-order valence-electron chi connectivity index (χ1n) is 20.4. The van der Waals surface area contributed by atoms with Crippen molar-refractivity contribution >= 4 is 67.6 Å². The van der Waals surface area contributed by atoms with Crippen molar-refractivity contribution in [2.75, 3.05) is 4.90 Å². The second kappa shape index (κ2) is 14.1. The monoisotopic (exact) mass is 746 g/mol. The van der Waals surface area contributed by atoms with Gasteiger partial charge in [0.05, 0.1) is 10.9 Å². The standard InChI is InChI=1S/C55H42N2O/c1-37-32-49-47-22-11-12-23-52(47)57(43-19-9-4-10-20-43)53(49)36-48(37)42-18-13-21-45(33-42)56(44-27-24-40(25-28-44)38-14-5-2-6-15-38)46-29-31-55-51(35-46)50-34-41(26-30-54(50)58-55)39-16-7-3-8-17-39/h2-7,9-16,18-37,48H,8,17H2,1H3. The fourth-order valence-corrected chi connectivity index (χ4v) is 9.27. The van der Waals surface area contributed by atoms with E-state index in [9.17, 15) is 0 Å². The van der Waals surface area contributed by atoms with Crippen molar-refractivity contribution in [1.82, 2.24) is 4.57 Å². The highest BCUT2D eigenvalue weighted by Crippen LogP contribution is 2.42. The first-order valence-corrected chi connectivity index (χ1v) is 20.4. The largest absolute Gasteiger partial charge is 0.456 e. The molecule has 0 saturated heterocycles. The molecule has 2 aliphatic rings. The number of allylic oxidation sites excluding steroid dienone is 4. The van der Waals surface area contributed by atoms with Gasteiger partial charge in [-0.3, -0.25) is 0 Å². The number of hydrogen-bond acceptors (Lipinski definition) is 2. The second-order valence-corrected chi connectivity index (χ2v) is 15.7. The molecule has 2 atom stereocenters. The summed E-state index contributed by atoms with van der Waals surface area (Å²) in [5.41, 5.74) is 13.8. The minimum absolute atomic E-state index is 0.184. The Morgan fingerprint density at radius 1 is 0.569 bits per heavy atom. The van der Waals surface area contributed by atoms with Gasteiger partial charge in [0.25, 0.3) is 0 Å². The summed E-state index contributed by atoms with van der Waals surface area (Å²) in [6, 6.07) is 61.6. The zero-order valence-corrected chi connectivity index (χ0v) is 32.4. The predicted molar refractivity (Wildman–Crippen MR) is 244 cm³/mol. The van der Waals surface area contributed by atoms with Crippen LogP contribution < -0.4 is 15.5 Å². The predicted octanol–water partition coefficient (Wildman–Crippen LogP) is 13.4. The van der Waals surface area contributed by atoms with Crippen molar-refractivity contribution in [1.29, 1.82) is 0 Å². The summed E-state index contributed by atoms with van der Waals surface area (Å²) in [6.07, 6.45) is 13.8. The first-order chi connectivity index (χ1) is 28.7. The molecule has 0 radical (unpaired) electrons. The lowest BCUT2D eigenvalue weighted by molar-refractivity contribution is 0.669. The van der Waals surface area contributed by atoms with E-state index in [1.54, 1.807) is 0 Å². The van der Waals surface area contributed by atoms with Crippen molar-refractivity contribution in [2.24, 2.45) is 5.92 Å². The maximum Gasteiger partial charge on any atom is 0.135 e. The molecule has 0 fully saturated rings. The van der Waals surface area contributed by atoms with E-state index in [0.29, 0.717) is 5.92 Å². The normalized spacial score (nSPS) is 16.2. The van der Waals surface area contributed by atoms with E-state index in [4.69, 9.17) is 4.42 Å². The third-order valence-corrected chi connectivity index (χ3v) is 12.1. The smallest absolute Gasteiger partial charge is 0.135 e. The molecule has 2 aliphatic carbocycles. The van der Waals surface area contributed by atoms with Crippen molar-refractivity contribution in [3.05, 3.63) is 210 Å². The van der Waals surface area contributed by atoms with Crippen molar-refractivity contribution in [3.63, 3.8) is 0 Å². The van der Waals surface area contributed by atoms with Gasteiger partial charge in [0.15, 0.2) is 0 Å². The highest BCUT2D eigenvalue weighted by atomic mass is 16.3. The summed E-state index contributed by atoms with van der Waals surface area (Å²) < 4.78 is 8.88. The number of benzene rings is 7. The van der Waals surface area contributed by atoms with E-state index in [-0.39, 0.29) is 5.92 Å². The minimum atomic E-state index is 0.184. The number of nitrogens with zero attached hydrogens (tertiary/aromatic N) is 2. The van der Waals surface area contributed by atoms with Gasteiger partial charge in [-0.25, -0.2) is 0 Å². The number of fused-ring (bicyclic) bond motifs is 6. The van der Waals surface area contributed by atoms with Gasteiger partial charge < -0.3 is 13.9 Å². The molecular weight excluding hydrogens is 705 g/mol. The molecule has 0 bridgehead atoms. The van der Waals surface area contributed by atoms with Gasteiger partial charge in [0, 0.05) is 50.0 Å². The molecule has 11 rings (SSSR count). The van der Waals surface area contributed by atoms with Crippen LogP contribution in [0.4, 0.5) is 17.1 Å². The Bertz CT molecular complexity index is 3180. The molecule has 0 spiro atoms. The van der Waals surface area contributed by atoms with Crippen LogP contribution in [0.5, 0.6) is 0 Å². The van der Waals surface area contributed by atoms with Gasteiger partial charge in [-0.05, 0) is 119 Å². The number of para-hydroxylation sites is 2. The molecule has 58 heavy (non-hydrogen) atoms. The topological polar surface area (TPSA) is 21.3 Å². The van der Waals surface area contributed by atoms with Gasteiger partial charge in [-0.15, -0.1) is 0 Å². The van der Waals surface area contributed by atoms with Gasteiger partial charge >= 0.3 is 0 Å². The van der Waals surface area contributed by atoms with Crippen LogP contribution in [0.2, 0.25) is 0 Å². The molecule has 278 valence electrons. The van der Waals surface area contributed by atoms with Crippen LogP contribution in [-0.4, -0.2) is 4.57 Å². The maximum atomic E-state index is 6.45. The highest BCUT2D eigenvalue weighted by molar-refractivity contribution is 6.07. The zero-order chi connectivity index (χ0) is 38.6. The van der Waals surface area contributed by atoms with E-state index in [2.05, 4.69) is 217 Å². The molecule has 2 heterocycles. The third-order valence-electron chi connectivity index (χ3n) is 12.1. The third kappa shape index (κ3) is 5.90. The number of hydrogen-bond donors (Lipinski definition) is 0. The fourth-order valence-electron chi connectivity index (χ4n) is 9.27. The Morgan fingerprint density at radius 3 is 2.07 bits per heavy atom. The molecule has 2 unspecified atom stereocenters. The molecule has 0 saturated carbocycles. The molecule has 3 nitrogen and oxygen atoms in total. The molecular formula is C55H42N2O. The molecule has 0 aliphatic heterocycles. The zero-order valence-electron chi connectivity index (χ0n) is 32.4. The average molecular weight is 747 g/mol. The van der Waals surface area contributed by atoms with E-state index in [1.165, 1.54) is 55.0 Å². The molecule has 7 aromatic carbocycles. The fraction of sp³-hybridized carbons (Fsp3) is 0.0909. The van der Waals surface area contributed by atoms with E-state index in [0.717, 1.165) is 51.8 Å². The van der Waals surface area contributed by atoms with Crippen LogP contribution in [0.3, 0.4) is 0 Å².